The van der Waals surface area contributed by atoms with E-state index in [0.29, 0.717) is 19.4 Å². The van der Waals surface area contributed by atoms with Crippen molar-refractivity contribution in [3.63, 3.8) is 0 Å². The Hall–Kier alpha value is -2.17. The number of piperidine rings is 1. The number of nitrogens with one attached hydrogen (secondary N) is 1. The summed E-state index contributed by atoms with van der Waals surface area (Å²) in [6.45, 7) is 10.6. The number of likely N-dealkylation sites (tertiary alicyclic amines) is 1. The fourth-order valence-electron chi connectivity index (χ4n) is 5.12. The van der Waals surface area contributed by atoms with Crippen LogP contribution in [0, 0.1) is 16.7 Å². The molecule has 0 radical (unpaired) electrons. The maximum absolute atomic E-state index is 13.1. The number of para-hydroxylation sites is 1. The number of nitrogens with zero attached hydrogens (tertiary/aromatic N) is 1. The number of carbonyl (C=O) groups excluding carboxylic acids is 3. The monoisotopic (exact) mass is 398 g/mol. The molecule has 2 unspecified atom stereocenters. The molecule has 0 spiro atoms. The molecule has 0 aromatic heterocycles. The summed E-state index contributed by atoms with van der Waals surface area (Å²) in [6.07, 6.45) is 4.04. The van der Waals surface area contributed by atoms with Gasteiger partial charge in [-0.3, -0.25) is 19.3 Å². The normalized spacial score (nSPS) is 25.4. The van der Waals surface area contributed by atoms with E-state index in [-0.39, 0.29) is 29.1 Å². The summed E-state index contributed by atoms with van der Waals surface area (Å²) in [4.78, 5) is 39.9. The fraction of sp³-hybridized carbons (Fsp3) is 0.625. The van der Waals surface area contributed by atoms with Crippen molar-refractivity contribution < 1.29 is 14.4 Å². The van der Waals surface area contributed by atoms with Crippen LogP contribution in [0.4, 0.5) is 5.69 Å². The molecule has 1 aliphatic heterocycles. The van der Waals surface area contributed by atoms with Gasteiger partial charge in [-0.15, -0.1) is 0 Å². The minimum Gasteiger partial charge on any atom is -0.326 e. The maximum atomic E-state index is 13.1. The standard InChI is InChI=1S/C24H34N2O3/c1-6-16-10-8-11-17(7-2)20(16)25-19(27)12-9-15-26-21(28)18-13-14-24(5,22(26)29)23(18,3)4/h8,10-11,18H,6-7,9,12-15H2,1-5H3,(H,25,27). The molecule has 158 valence electrons. The van der Waals surface area contributed by atoms with E-state index in [2.05, 4.69) is 19.2 Å². The van der Waals surface area contributed by atoms with Gasteiger partial charge in [-0.1, -0.05) is 52.8 Å². The second-order valence-corrected chi connectivity index (χ2v) is 9.25. The van der Waals surface area contributed by atoms with Gasteiger partial charge < -0.3 is 5.32 Å². The summed E-state index contributed by atoms with van der Waals surface area (Å²) in [5.74, 6) is -0.277. The third-order valence-electron chi connectivity index (χ3n) is 7.56. The summed E-state index contributed by atoms with van der Waals surface area (Å²) in [6, 6.07) is 6.10. The average molecular weight is 399 g/mol. The first kappa shape index (κ1) is 21.5. The van der Waals surface area contributed by atoms with Gasteiger partial charge in [0.1, 0.15) is 0 Å². The van der Waals surface area contributed by atoms with Gasteiger partial charge in [0, 0.05) is 24.6 Å². The van der Waals surface area contributed by atoms with Crippen LogP contribution in [0.25, 0.3) is 0 Å². The van der Waals surface area contributed by atoms with Crippen molar-refractivity contribution in [1.29, 1.82) is 0 Å². The number of rotatable bonds is 7. The summed E-state index contributed by atoms with van der Waals surface area (Å²) in [5.41, 5.74) is 2.40. The zero-order valence-corrected chi connectivity index (χ0v) is 18.4. The number of hydrogen-bond acceptors (Lipinski definition) is 3. The van der Waals surface area contributed by atoms with Crippen molar-refractivity contribution in [2.75, 3.05) is 11.9 Å². The van der Waals surface area contributed by atoms with E-state index < -0.39 is 5.41 Å². The van der Waals surface area contributed by atoms with Gasteiger partial charge in [0.2, 0.25) is 17.7 Å². The number of hydrogen-bond donors (Lipinski definition) is 1. The Balaban J connectivity index is 1.62. The lowest BCUT2D eigenvalue weighted by molar-refractivity contribution is -0.168. The molecular weight excluding hydrogens is 364 g/mol. The predicted molar refractivity (Wildman–Crippen MR) is 114 cm³/mol. The Morgan fingerprint density at radius 2 is 1.76 bits per heavy atom. The molecule has 2 aliphatic rings. The summed E-state index contributed by atoms with van der Waals surface area (Å²) < 4.78 is 0. The molecule has 5 heteroatoms. The summed E-state index contributed by atoms with van der Waals surface area (Å²) in [5, 5.41) is 3.06. The first-order valence-electron chi connectivity index (χ1n) is 10.9. The van der Waals surface area contributed by atoms with Crippen LogP contribution in [0.1, 0.15) is 71.4 Å². The topological polar surface area (TPSA) is 66.5 Å². The highest BCUT2D eigenvalue weighted by Gasteiger charge is 2.64. The summed E-state index contributed by atoms with van der Waals surface area (Å²) in [7, 11) is 0. The lowest BCUT2D eigenvalue weighted by Crippen LogP contribution is -2.59. The second-order valence-electron chi connectivity index (χ2n) is 9.25. The zero-order valence-electron chi connectivity index (χ0n) is 18.4. The van der Waals surface area contributed by atoms with Crippen LogP contribution in [-0.2, 0) is 27.2 Å². The highest BCUT2D eigenvalue weighted by atomic mass is 16.2. The summed E-state index contributed by atoms with van der Waals surface area (Å²) >= 11 is 0. The van der Waals surface area contributed by atoms with E-state index in [9.17, 15) is 14.4 Å². The number of benzene rings is 1. The van der Waals surface area contributed by atoms with Crippen LogP contribution in [0.2, 0.25) is 0 Å². The lowest BCUT2D eigenvalue weighted by atomic mass is 9.62. The first-order chi connectivity index (χ1) is 13.7. The Bertz CT molecular complexity index is 807. The van der Waals surface area contributed by atoms with Crippen LogP contribution >= 0.6 is 0 Å². The van der Waals surface area contributed by atoms with Crippen molar-refractivity contribution in [3.05, 3.63) is 29.3 Å². The highest BCUT2D eigenvalue weighted by molar-refractivity contribution is 6.03. The molecule has 29 heavy (non-hydrogen) atoms. The quantitative estimate of drug-likeness (QED) is 0.695. The number of anilines is 1. The number of carbonyl (C=O) groups is 3. The fourth-order valence-corrected chi connectivity index (χ4v) is 5.12. The van der Waals surface area contributed by atoms with Crippen molar-refractivity contribution in [2.24, 2.45) is 16.7 Å². The molecule has 1 saturated heterocycles. The molecule has 1 aliphatic carbocycles. The smallest absolute Gasteiger partial charge is 0.235 e. The van der Waals surface area contributed by atoms with Gasteiger partial charge in [-0.05, 0) is 48.6 Å². The molecule has 2 atom stereocenters. The minimum atomic E-state index is -0.482. The third-order valence-corrected chi connectivity index (χ3v) is 7.56. The van der Waals surface area contributed by atoms with Crippen LogP contribution in [-0.4, -0.2) is 29.2 Å². The van der Waals surface area contributed by atoms with Crippen molar-refractivity contribution in [1.82, 2.24) is 4.90 Å². The van der Waals surface area contributed by atoms with E-state index in [0.717, 1.165) is 42.5 Å². The molecule has 1 saturated carbocycles. The molecule has 5 nitrogen and oxygen atoms in total. The van der Waals surface area contributed by atoms with E-state index in [1.807, 2.05) is 39.0 Å². The van der Waals surface area contributed by atoms with Crippen LogP contribution in [0.3, 0.4) is 0 Å². The molecule has 1 aromatic rings. The van der Waals surface area contributed by atoms with Gasteiger partial charge in [-0.2, -0.15) is 0 Å². The lowest BCUT2D eigenvalue weighted by Gasteiger charge is -2.47. The van der Waals surface area contributed by atoms with Gasteiger partial charge in [0.05, 0.1) is 5.41 Å². The predicted octanol–water partition coefficient (Wildman–Crippen LogP) is 4.34. The maximum Gasteiger partial charge on any atom is 0.235 e. The van der Waals surface area contributed by atoms with Crippen molar-refractivity contribution in [3.8, 4) is 0 Å². The Morgan fingerprint density at radius 3 is 2.34 bits per heavy atom. The highest BCUT2D eigenvalue weighted by Crippen LogP contribution is 2.60. The van der Waals surface area contributed by atoms with Crippen molar-refractivity contribution >= 4 is 23.4 Å². The molecule has 2 fully saturated rings. The van der Waals surface area contributed by atoms with Crippen LogP contribution in [0.15, 0.2) is 18.2 Å². The van der Waals surface area contributed by atoms with E-state index in [1.54, 1.807) is 0 Å². The van der Waals surface area contributed by atoms with Crippen molar-refractivity contribution in [2.45, 2.75) is 73.1 Å². The van der Waals surface area contributed by atoms with Crippen LogP contribution < -0.4 is 5.32 Å². The third kappa shape index (κ3) is 3.49. The van der Waals surface area contributed by atoms with Gasteiger partial charge in [0.25, 0.3) is 0 Å². The Morgan fingerprint density at radius 1 is 1.14 bits per heavy atom. The minimum absolute atomic E-state index is 0.0556. The molecule has 2 bridgehead atoms. The largest absolute Gasteiger partial charge is 0.326 e. The Kier molecular flexibility index (Phi) is 5.88. The SMILES string of the molecule is CCc1cccc(CC)c1NC(=O)CCCN1C(=O)C2CCC(C)(C1=O)C2(C)C. The molecular formula is C24H34N2O3. The number of fused-ring (bicyclic) bond motifs is 2. The second kappa shape index (κ2) is 7.92. The zero-order chi connectivity index (χ0) is 21.4. The molecule has 1 aromatic carbocycles. The van der Waals surface area contributed by atoms with Gasteiger partial charge in [0.15, 0.2) is 0 Å². The molecule has 1 N–H and O–H groups in total. The first-order valence-corrected chi connectivity index (χ1v) is 10.9. The number of imide groups is 1. The van der Waals surface area contributed by atoms with Gasteiger partial charge in [-0.25, -0.2) is 0 Å². The average Bonchev–Trinajstić information content (AvgIpc) is 2.88. The van der Waals surface area contributed by atoms with Crippen LogP contribution in [0.5, 0.6) is 0 Å². The van der Waals surface area contributed by atoms with E-state index in [1.165, 1.54) is 4.90 Å². The number of amides is 3. The molecule has 3 amide bonds. The van der Waals surface area contributed by atoms with E-state index >= 15 is 0 Å². The molecule has 3 rings (SSSR count). The number of aryl methyl sites for hydroxylation is 2. The molecule has 1 heterocycles. The van der Waals surface area contributed by atoms with Gasteiger partial charge >= 0.3 is 0 Å². The Labute approximate surface area is 174 Å². The van der Waals surface area contributed by atoms with E-state index in [4.69, 9.17) is 0 Å².